The largest absolute Gasteiger partial charge is 0.493 e. The Labute approximate surface area is 89.5 Å². The first-order valence-electron chi connectivity index (χ1n) is 5.82. The molecule has 0 fully saturated rings. The highest BCUT2D eigenvalue weighted by Crippen LogP contribution is 2.17. The monoisotopic (exact) mass is 198 g/mol. The lowest BCUT2D eigenvalue weighted by Gasteiger charge is -2.22. The molecule has 0 saturated carbocycles. The normalized spacial score (nSPS) is 11.4. The summed E-state index contributed by atoms with van der Waals surface area (Å²) in [6.07, 6.45) is 7.54. The molecule has 0 rings (SSSR count). The lowest BCUT2D eigenvalue weighted by atomic mass is 10.1. The van der Waals surface area contributed by atoms with Crippen LogP contribution in [0.25, 0.3) is 0 Å². The first-order chi connectivity index (χ1) is 6.45. The summed E-state index contributed by atoms with van der Waals surface area (Å²) < 4.78 is 5.65. The van der Waals surface area contributed by atoms with Gasteiger partial charge < -0.3 is 4.74 Å². The van der Waals surface area contributed by atoms with Crippen LogP contribution in [-0.2, 0) is 4.74 Å². The molecule has 0 bridgehead atoms. The van der Waals surface area contributed by atoms with E-state index in [1.807, 2.05) is 0 Å². The summed E-state index contributed by atoms with van der Waals surface area (Å²) in [4.78, 5) is 0. The van der Waals surface area contributed by atoms with Crippen molar-refractivity contribution in [3.05, 3.63) is 12.3 Å². The number of hydrogen-bond donors (Lipinski definition) is 0. The van der Waals surface area contributed by atoms with Gasteiger partial charge >= 0.3 is 0 Å². The Morgan fingerprint density at radius 1 is 1.07 bits per heavy atom. The summed E-state index contributed by atoms with van der Waals surface area (Å²) >= 11 is 0. The molecule has 0 aliphatic heterocycles. The SMILES string of the molecule is C=C(CCCCCCC)OC(C)(C)C. The Balaban J connectivity index is 3.36. The van der Waals surface area contributed by atoms with E-state index in [0.29, 0.717) is 0 Å². The van der Waals surface area contributed by atoms with Crippen LogP contribution in [0.1, 0.15) is 66.2 Å². The molecule has 0 N–H and O–H groups in total. The summed E-state index contributed by atoms with van der Waals surface area (Å²) in [7, 11) is 0. The number of allylic oxidation sites excluding steroid dienone is 1. The fourth-order valence-corrected chi connectivity index (χ4v) is 1.41. The van der Waals surface area contributed by atoms with Crippen LogP contribution >= 0.6 is 0 Å². The van der Waals surface area contributed by atoms with Crippen LogP contribution in [-0.4, -0.2) is 5.60 Å². The molecule has 0 aliphatic rings. The zero-order valence-electron chi connectivity index (χ0n) is 10.4. The van der Waals surface area contributed by atoms with Crippen molar-refractivity contribution in [3.63, 3.8) is 0 Å². The van der Waals surface area contributed by atoms with Crippen LogP contribution in [0.3, 0.4) is 0 Å². The van der Waals surface area contributed by atoms with Gasteiger partial charge in [0.05, 0.1) is 5.76 Å². The van der Waals surface area contributed by atoms with Crippen LogP contribution in [0, 0.1) is 0 Å². The lowest BCUT2D eigenvalue weighted by Crippen LogP contribution is -2.18. The minimum atomic E-state index is -0.0828. The van der Waals surface area contributed by atoms with Gasteiger partial charge in [0.25, 0.3) is 0 Å². The van der Waals surface area contributed by atoms with Gasteiger partial charge in [-0.05, 0) is 27.2 Å². The molecular formula is C13H26O. The highest BCUT2D eigenvalue weighted by molar-refractivity contribution is 4.85. The molecule has 0 heterocycles. The maximum atomic E-state index is 5.65. The summed E-state index contributed by atoms with van der Waals surface area (Å²) in [5.41, 5.74) is -0.0828. The van der Waals surface area contributed by atoms with Gasteiger partial charge in [-0.1, -0.05) is 39.2 Å². The van der Waals surface area contributed by atoms with E-state index in [2.05, 4.69) is 34.3 Å². The number of rotatable bonds is 7. The second kappa shape index (κ2) is 6.92. The minimum absolute atomic E-state index is 0.0828. The van der Waals surface area contributed by atoms with Crippen LogP contribution in [0.15, 0.2) is 12.3 Å². The standard InChI is InChI=1S/C13H26O/c1-6-7-8-9-10-11-12(2)14-13(3,4)5/h2,6-11H2,1,3-5H3. The Bertz CT molecular complexity index is 153. The molecule has 0 amide bonds. The zero-order valence-corrected chi connectivity index (χ0v) is 10.4. The quantitative estimate of drug-likeness (QED) is 0.426. The summed E-state index contributed by atoms with van der Waals surface area (Å²) in [6, 6.07) is 0. The minimum Gasteiger partial charge on any atom is -0.493 e. The Kier molecular flexibility index (Phi) is 6.69. The maximum Gasteiger partial charge on any atom is 0.100 e. The van der Waals surface area contributed by atoms with Gasteiger partial charge in [0.1, 0.15) is 5.60 Å². The van der Waals surface area contributed by atoms with Crippen LogP contribution < -0.4 is 0 Å². The second-order valence-electron chi connectivity index (χ2n) is 4.92. The topological polar surface area (TPSA) is 9.23 Å². The molecule has 0 radical (unpaired) electrons. The van der Waals surface area contributed by atoms with Crippen molar-refractivity contribution in [2.24, 2.45) is 0 Å². The Hall–Kier alpha value is -0.460. The molecular weight excluding hydrogens is 172 g/mol. The van der Waals surface area contributed by atoms with Crippen molar-refractivity contribution in [1.82, 2.24) is 0 Å². The van der Waals surface area contributed by atoms with Crippen molar-refractivity contribution in [2.75, 3.05) is 0 Å². The molecule has 84 valence electrons. The number of hydrogen-bond acceptors (Lipinski definition) is 1. The lowest BCUT2D eigenvalue weighted by molar-refractivity contribution is 0.0473. The average molecular weight is 198 g/mol. The van der Waals surface area contributed by atoms with Crippen LogP contribution in [0.5, 0.6) is 0 Å². The van der Waals surface area contributed by atoms with Crippen molar-refractivity contribution < 1.29 is 4.74 Å². The molecule has 0 aromatic rings. The fraction of sp³-hybridized carbons (Fsp3) is 0.846. The van der Waals surface area contributed by atoms with E-state index in [1.54, 1.807) is 0 Å². The maximum absolute atomic E-state index is 5.65. The number of ether oxygens (including phenoxy) is 1. The van der Waals surface area contributed by atoms with E-state index < -0.39 is 0 Å². The van der Waals surface area contributed by atoms with Crippen LogP contribution in [0.4, 0.5) is 0 Å². The Morgan fingerprint density at radius 3 is 2.14 bits per heavy atom. The van der Waals surface area contributed by atoms with Gasteiger partial charge in [0, 0.05) is 6.42 Å². The van der Waals surface area contributed by atoms with Crippen molar-refractivity contribution >= 4 is 0 Å². The molecule has 1 heteroatoms. The van der Waals surface area contributed by atoms with Crippen molar-refractivity contribution in [2.45, 2.75) is 71.8 Å². The average Bonchev–Trinajstić information content (AvgIpc) is 2.00. The van der Waals surface area contributed by atoms with E-state index in [4.69, 9.17) is 4.74 Å². The predicted molar refractivity (Wildman–Crippen MR) is 63.4 cm³/mol. The summed E-state index contributed by atoms with van der Waals surface area (Å²) in [5, 5.41) is 0. The van der Waals surface area contributed by atoms with Gasteiger partial charge in [0.2, 0.25) is 0 Å². The molecule has 0 saturated heterocycles. The highest BCUT2D eigenvalue weighted by atomic mass is 16.5. The third-order valence-corrected chi connectivity index (χ3v) is 2.01. The van der Waals surface area contributed by atoms with E-state index in [0.717, 1.165) is 12.2 Å². The van der Waals surface area contributed by atoms with E-state index in [9.17, 15) is 0 Å². The molecule has 14 heavy (non-hydrogen) atoms. The van der Waals surface area contributed by atoms with Gasteiger partial charge in [-0.25, -0.2) is 0 Å². The first-order valence-corrected chi connectivity index (χ1v) is 5.82. The third kappa shape index (κ3) is 9.63. The van der Waals surface area contributed by atoms with Crippen molar-refractivity contribution in [1.29, 1.82) is 0 Å². The van der Waals surface area contributed by atoms with E-state index >= 15 is 0 Å². The molecule has 0 unspecified atom stereocenters. The van der Waals surface area contributed by atoms with Gasteiger partial charge in [-0.2, -0.15) is 0 Å². The van der Waals surface area contributed by atoms with Crippen LogP contribution in [0.2, 0.25) is 0 Å². The second-order valence-corrected chi connectivity index (χ2v) is 4.92. The van der Waals surface area contributed by atoms with Gasteiger partial charge in [-0.15, -0.1) is 0 Å². The molecule has 0 aromatic heterocycles. The molecule has 1 nitrogen and oxygen atoms in total. The molecule has 0 aromatic carbocycles. The smallest absolute Gasteiger partial charge is 0.100 e. The third-order valence-electron chi connectivity index (χ3n) is 2.01. The molecule has 0 atom stereocenters. The first kappa shape index (κ1) is 13.5. The number of unbranched alkanes of at least 4 members (excludes halogenated alkanes) is 4. The summed E-state index contributed by atoms with van der Waals surface area (Å²) in [6.45, 7) is 12.4. The van der Waals surface area contributed by atoms with Gasteiger partial charge in [0.15, 0.2) is 0 Å². The summed E-state index contributed by atoms with van der Waals surface area (Å²) in [5.74, 6) is 0.939. The van der Waals surface area contributed by atoms with E-state index in [1.165, 1.54) is 32.1 Å². The van der Waals surface area contributed by atoms with Gasteiger partial charge in [-0.3, -0.25) is 0 Å². The Morgan fingerprint density at radius 2 is 1.64 bits per heavy atom. The van der Waals surface area contributed by atoms with E-state index in [-0.39, 0.29) is 5.60 Å². The van der Waals surface area contributed by atoms with Crippen molar-refractivity contribution in [3.8, 4) is 0 Å². The molecule has 0 aliphatic carbocycles. The fourth-order valence-electron chi connectivity index (χ4n) is 1.41. The predicted octanol–water partition coefficient (Wildman–Crippen LogP) is 4.68. The zero-order chi connectivity index (χ0) is 11.0. The molecule has 0 spiro atoms. The highest BCUT2D eigenvalue weighted by Gasteiger charge is 2.11.